The Bertz CT molecular complexity index is 234. The van der Waals surface area contributed by atoms with Gasteiger partial charge in [0.2, 0.25) is 0 Å². The number of aromatic nitrogens is 1. The molecule has 0 aliphatic carbocycles. The van der Waals surface area contributed by atoms with Crippen LogP contribution >= 0.6 is 11.3 Å². The molecule has 0 aliphatic rings. The maximum absolute atomic E-state index is 4.06. The molecule has 1 N–H and O–H groups in total. The second-order valence-corrected chi connectivity index (χ2v) is 5.24. The summed E-state index contributed by atoms with van der Waals surface area (Å²) < 4.78 is 0. The van der Waals surface area contributed by atoms with Gasteiger partial charge in [0, 0.05) is 17.6 Å². The van der Waals surface area contributed by atoms with E-state index in [-0.39, 0.29) is 0 Å². The van der Waals surface area contributed by atoms with E-state index >= 15 is 0 Å². The van der Waals surface area contributed by atoms with Gasteiger partial charge in [0.15, 0.2) is 0 Å². The molecule has 0 saturated carbocycles. The summed E-state index contributed by atoms with van der Waals surface area (Å²) in [6, 6.07) is 0. The highest BCUT2D eigenvalue weighted by atomic mass is 32.1. The maximum atomic E-state index is 4.06. The number of hydrogen-bond donors (Lipinski definition) is 1. The third-order valence-electron chi connectivity index (χ3n) is 2.74. The van der Waals surface area contributed by atoms with Gasteiger partial charge in [-0.3, -0.25) is 4.98 Å². The Hall–Kier alpha value is -0.410. The van der Waals surface area contributed by atoms with E-state index in [4.69, 9.17) is 0 Å². The van der Waals surface area contributed by atoms with Crippen LogP contribution in [0.1, 0.15) is 56.7 Å². The van der Waals surface area contributed by atoms with Gasteiger partial charge in [-0.25, -0.2) is 0 Å². The van der Waals surface area contributed by atoms with Gasteiger partial charge in [0.1, 0.15) is 0 Å². The van der Waals surface area contributed by atoms with E-state index < -0.39 is 0 Å². The molecule has 0 radical (unpaired) electrons. The normalized spacial score (nSPS) is 10.8. The summed E-state index contributed by atoms with van der Waals surface area (Å²) in [5.74, 6) is 0. The Kier molecular flexibility index (Phi) is 8.35. The summed E-state index contributed by atoms with van der Waals surface area (Å²) in [7, 11) is 0. The molecule has 1 rings (SSSR count). The van der Waals surface area contributed by atoms with Crippen molar-refractivity contribution in [2.24, 2.45) is 0 Å². The summed E-state index contributed by atoms with van der Waals surface area (Å²) in [5, 5.41) is 3.46. The zero-order chi connectivity index (χ0) is 11.5. The van der Waals surface area contributed by atoms with Crippen LogP contribution in [-0.4, -0.2) is 11.5 Å². The molecule has 0 spiro atoms. The molecule has 0 bridgehead atoms. The van der Waals surface area contributed by atoms with Crippen LogP contribution in [-0.2, 0) is 6.54 Å². The number of thiazole rings is 1. The number of unbranched alkanes of at least 4 members (excludes halogenated alkanes) is 6. The van der Waals surface area contributed by atoms with Crippen LogP contribution in [0.3, 0.4) is 0 Å². The van der Waals surface area contributed by atoms with Crippen molar-refractivity contribution in [1.82, 2.24) is 10.3 Å². The molecular formula is C13H24N2S. The van der Waals surface area contributed by atoms with E-state index in [2.05, 4.69) is 17.2 Å². The smallest absolute Gasteiger partial charge is 0.0794 e. The van der Waals surface area contributed by atoms with Gasteiger partial charge < -0.3 is 5.32 Å². The average molecular weight is 240 g/mol. The average Bonchev–Trinajstić information content (AvgIpc) is 2.80. The van der Waals surface area contributed by atoms with Gasteiger partial charge in [0.05, 0.1) is 5.51 Å². The lowest BCUT2D eigenvalue weighted by Gasteiger charge is -2.03. The molecule has 0 aliphatic heterocycles. The fourth-order valence-corrected chi connectivity index (χ4v) is 2.31. The Labute approximate surface area is 103 Å². The Balaban J connectivity index is 1.78. The molecule has 92 valence electrons. The van der Waals surface area contributed by atoms with Crippen LogP contribution in [0.25, 0.3) is 0 Å². The maximum Gasteiger partial charge on any atom is 0.0794 e. The summed E-state index contributed by atoms with van der Waals surface area (Å²) in [6.45, 7) is 4.40. The zero-order valence-corrected chi connectivity index (χ0v) is 11.2. The zero-order valence-electron chi connectivity index (χ0n) is 10.4. The van der Waals surface area contributed by atoms with Crippen LogP contribution in [0.4, 0.5) is 0 Å². The largest absolute Gasteiger partial charge is 0.312 e. The van der Waals surface area contributed by atoms with Gasteiger partial charge >= 0.3 is 0 Å². The van der Waals surface area contributed by atoms with E-state index in [0.29, 0.717) is 0 Å². The van der Waals surface area contributed by atoms with Crippen molar-refractivity contribution < 1.29 is 0 Å². The third kappa shape index (κ3) is 6.96. The van der Waals surface area contributed by atoms with Crippen LogP contribution in [0.2, 0.25) is 0 Å². The molecule has 0 unspecified atom stereocenters. The molecule has 0 amide bonds. The van der Waals surface area contributed by atoms with E-state index in [1.54, 1.807) is 11.3 Å². The molecule has 0 aromatic carbocycles. The lowest BCUT2D eigenvalue weighted by atomic mass is 10.1. The van der Waals surface area contributed by atoms with Crippen molar-refractivity contribution in [3.8, 4) is 0 Å². The van der Waals surface area contributed by atoms with E-state index in [1.165, 1.54) is 49.8 Å². The molecule has 1 heterocycles. The predicted molar refractivity (Wildman–Crippen MR) is 71.8 cm³/mol. The number of nitrogens with zero attached hydrogens (tertiary/aromatic N) is 1. The molecule has 0 atom stereocenters. The lowest BCUT2D eigenvalue weighted by Crippen LogP contribution is -2.13. The Morgan fingerprint density at radius 1 is 1.12 bits per heavy atom. The summed E-state index contributed by atoms with van der Waals surface area (Å²) in [5.41, 5.74) is 1.89. The van der Waals surface area contributed by atoms with Crippen molar-refractivity contribution in [1.29, 1.82) is 0 Å². The van der Waals surface area contributed by atoms with Crippen molar-refractivity contribution in [3.05, 3.63) is 16.6 Å². The number of nitrogens with one attached hydrogen (secondary N) is 1. The highest BCUT2D eigenvalue weighted by molar-refractivity contribution is 7.09. The van der Waals surface area contributed by atoms with Gasteiger partial charge in [0.25, 0.3) is 0 Å². The van der Waals surface area contributed by atoms with Crippen molar-refractivity contribution >= 4 is 11.3 Å². The first-order valence-electron chi connectivity index (χ1n) is 6.51. The van der Waals surface area contributed by atoms with E-state index in [9.17, 15) is 0 Å². The van der Waals surface area contributed by atoms with Crippen molar-refractivity contribution in [3.63, 3.8) is 0 Å². The number of hydrogen-bond acceptors (Lipinski definition) is 3. The van der Waals surface area contributed by atoms with Crippen molar-refractivity contribution in [2.45, 2.75) is 58.4 Å². The van der Waals surface area contributed by atoms with Crippen molar-refractivity contribution in [2.75, 3.05) is 6.54 Å². The molecule has 3 heteroatoms. The summed E-state index contributed by atoms with van der Waals surface area (Å²) >= 11 is 1.73. The van der Waals surface area contributed by atoms with Crippen LogP contribution in [0, 0.1) is 0 Å². The summed E-state index contributed by atoms with van der Waals surface area (Å²) in [4.78, 5) is 5.39. The first-order valence-corrected chi connectivity index (χ1v) is 7.39. The molecular weight excluding hydrogens is 216 g/mol. The minimum Gasteiger partial charge on any atom is -0.312 e. The van der Waals surface area contributed by atoms with Gasteiger partial charge in [-0.15, -0.1) is 11.3 Å². The quantitative estimate of drug-likeness (QED) is 0.626. The topological polar surface area (TPSA) is 24.9 Å². The summed E-state index contributed by atoms with van der Waals surface area (Å²) in [6.07, 6.45) is 11.6. The third-order valence-corrected chi connectivity index (χ3v) is 3.52. The highest BCUT2D eigenvalue weighted by Gasteiger charge is 1.94. The standard InChI is InChI=1S/C13H24N2S/c1-2-3-4-5-6-7-8-9-14-10-13-11-15-12-16-13/h11-12,14H,2-10H2,1H3. The fourth-order valence-electron chi connectivity index (χ4n) is 1.75. The lowest BCUT2D eigenvalue weighted by molar-refractivity contribution is 0.564. The second kappa shape index (κ2) is 9.79. The van der Waals surface area contributed by atoms with Gasteiger partial charge in [-0.05, 0) is 13.0 Å². The first kappa shape index (κ1) is 13.7. The SMILES string of the molecule is CCCCCCCCCNCc1cncs1. The first-order chi connectivity index (χ1) is 7.93. The molecule has 1 aromatic heterocycles. The van der Waals surface area contributed by atoms with E-state index in [1.807, 2.05) is 11.7 Å². The highest BCUT2D eigenvalue weighted by Crippen LogP contribution is 2.07. The van der Waals surface area contributed by atoms with Crippen LogP contribution in [0.15, 0.2) is 11.7 Å². The fraction of sp³-hybridized carbons (Fsp3) is 0.769. The molecule has 0 saturated heterocycles. The predicted octanol–water partition coefficient (Wildman–Crippen LogP) is 3.98. The minimum atomic E-state index is 0.987. The Morgan fingerprint density at radius 3 is 2.56 bits per heavy atom. The monoisotopic (exact) mass is 240 g/mol. The minimum absolute atomic E-state index is 0.987. The Morgan fingerprint density at radius 2 is 1.88 bits per heavy atom. The van der Waals surface area contributed by atoms with Gasteiger partial charge in [-0.2, -0.15) is 0 Å². The molecule has 0 fully saturated rings. The second-order valence-electron chi connectivity index (χ2n) is 4.27. The molecule has 1 aromatic rings. The van der Waals surface area contributed by atoms with E-state index in [0.717, 1.165) is 13.1 Å². The molecule has 16 heavy (non-hydrogen) atoms. The van der Waals surface area contributed by atoms with Gasteiger partial charge in [-0.1, -0.05) is 45.4 Å². The van der Waals surface area contributed by atoms with Crippen LogP contribution < -0.4 is 5.32 Å². The number of rotatable bonds is 10. The van der Waals surface area contributed by atoms with Crippen LogP contribution in [0.5, 0.6) is 0 Å². The molecule has 2 nitrogen and oxygen atoms in total.